The lowest BCUT2D eigenvalue weighted by Crippen LogP contribution is -2.45. The predicted octanol–water partition coefficient (Wildman–Crippen LogP) is 2.62. The molecule has 1 aliphatic heterocycles. The summed E-state index contributed by atoms with van der Waals surface area (Å²) < 4.78 is 0. The molecule has 2 rings (SSSR count). The highest BCUT2D eigenvalue weighted by Crippen LogP contribution is 2.44. The Hall–Kier alpha value is -0.570. The molecule has 18 heavy (non-hydrogen) atoms. The third-order valence-corrected chi connectivity index (χ3v) is 4.76. The van der Waals surface area contributed by atoms with Crippen molar-refractivity contribution in [3.63, 3.8) is 0 Å². The average Bonchev–Trinajstić information content (AvgIpc) is 2.95. The number of amides is 1. The highest BCUT2D eigenvalue weighted by atomic mass is 16.2. The van der Waals surface area contributed by atoms with Crippen molar-refractivity contribution in [2.45, 2.75) is 66.1 Å². The largest absolute Gasteiger partial charge is 0.325 e. The van der Waals surface area contributed by atoms with Gasteiger partial charge in [0.15, 0.2) is 0 Å². The van der Waals surface area contributed by atoms with Gasteiger partial charge in [-0.1, -0.05) is 41.5 Å². The lowest BCUT2D eigenvalue weighted by molar-refractivity contribution is -0.132. The first kappa shape index (κ1) is 13.9. The zero-order valence-electron chi connectivity index (χ0n) is 12.7. The summed E-state index contributed by atoms with van der Waals surface area (Å²) in [6, 6.07) is 0. The molecule has 1 saturated carbocycles. The Morgan fingerprint density at radius 3 is 2.28 bits per heavy atom. The van der Waals surface area contributed by atoms with Crippen LogP contribution in [-0.4, -0.2) is 29.1 Å². The van der Waals surface area contributed by atoms with Crippen LogP contribution in [0.4, 0.5) is 0 Å². The Kier molecular flexibility index (Phi) is 3.25. The van der Waals surface area contributed by atoms with Gasteiger partial charge in [-0.15, -0.1) is 0 Å². The van der Waals surface area contributed by atoms with Crippen molar-refractivity contribution in [1.29, 1.82) is 0 Å². The van der Waals surface area contributed by atoms with Crippen molar-refractivity contribution in [3.8, 4) is 0 Å². The quantitative estimate of drug-likeness (QED) is 0.837. The van der Waals surface area contributed by atoms with E-state index < -0.39 is 0 Å². The van der Waals surface area contributed by atoms with Crippen LogP contribution in [0, 0.1) is 17.3 Å². The summed E-state index contributed by atoms with van der Waals surface area (Å²) >= 11 is 0. The van der Waals surface area contributed by atoms with Gasteiger partial charge in [-0.05, 0) is 30.1 Å². The third kappa shape index (κ3) is 2.29. The van der Waals surface area contributed by atoms with Gasteiger partial charge in [-0.2, -0.15) is 0 Å². The first-order chi connectivity index (χ1) is 8.17. The van der Waals surface area contributed by atoms with Crippen LogP contribution in [0.3, 0.4) is 0 Å². The molecule has 1 N–H and O–H groups in total. The van der Waals surface area contributed by atoms with E-state index in [2.05, 4.69) is 51.8 Å². The average molecular weight is 252 g/mol. The van der Waals surface area contributed by atoms with Crippen molar-refractivity contribution >= 4 is 5.91 Å². The second-order valence-electron chi connectivity index (χ2n) is 7.64. The SMILES string of the molecule is CC(C)C1NC2(CC2)C(=O)N1CC(C)C(C)(C)C. The first-order valence-electron chi connectivity index (χ1n) is 7.26. The van der Waals surface area contributed by atoms with Crippen LogP contribution in [-0.2, 0) is 4.79 Å². The van der Waals surface area contributed by atoms with E-state index in [0.717, 1.165) is 19.4 Å². The highest BCUT2D eigenvalue weighted by molar-refractivity contribution is 5.91. The summed E-state index contributed by atoms with van der Waals surface area (Å²) in [5, 5.41) is 3.57. The van der Waals surface area contributed by atoms with E-state index >= 15 is 0 Å². The fourth-order valence-corrected chi connectivity index (χ4v) is 2.60. The minimum atomic E-state index is -0.174. The van der Waals surface area contributed by atoms with Crippen molar-refractivity contribution in [2.75, 3.05) is 6.54 Å². The van der Waals surface area contributed by atoms with E-state index in [1.54, 1.807) is 0 Å². The third-order valence-electron chi connectivity index (χ3n) is 4.76. The first-order valence-corrected chi connectivity index (χ1v) is 7.26. The van der Waals surface area contributed by atoms with Crippen LogP contribution >= 0.6 is 0 Å². The topological polar surface area (TPSA) is 32.3 Å². The molecule has 1 aliphatic carbocycles. The minimum absolute atomic E-state index is 0.174. The van der Waals surface area contributed by atoms with Crippen molar-refractivity contribution in [3.05, 3.63) is 0 Å². The molecule has 104 valence electrons. The molecule has 2 fully saturated rings. The van der Waals surface area contributed by atoms with E-state index in [4.69, 9.17) is 0 Å². The van der Waals surface area contributed by atoms with E-state index in [1.807, 2.05) is 0 Å². The maximum absolute atomic E-state index is 12.5. The Morgan fingerprint density at radius 1 is 1.33 bits per heavy atom. The molecule has 1 amide bonds. The van der Waals surface area contributed by atoms with Gasteiger partial charge in [0, 0.05) is 6.54 Å². The monoisotopic (exact) mass is 252 g/mol. The van der Waals surface area contributed by atoms with E-state index in [1.165, 1.54) is 0 Å². The Labute approximate surface area is 111 Å². The molecule has 1 spiro atoms. The summed E-state index contributed by atoms with van der Waals surface area (Å²) in [6.07, 6.45) is 2.27. The number of carbonyl (C=O) groups excluding carboxylic acids is 1. The maximum Gasteiger partial charge on any atom is 0.244 e. The highest BCUT2D eigenvalue weighted by Gasteiger charge is 2.59. The molecule has 0 aromatic heterocycles. The summed E-state index contributed by atoms with van der Waals surface area (Å²) in [5.74, 6) is 1.33. The molecule has 2 unspecified atom stereocenters. The second kappa shape index (κ2) is 4.22. The predicted molar refractivity (Wildman–Crippen MR) is 74.1 cm³/mol. The number of nitrogens with zero attached hydrogens (tertiary/aromatic N) is 1. The number of carbonyl (C=O) groups is 1. The van der Waals surface area contributed by atoms with Crippen LogP contribution in [0.15, 0.2) is 0 Å². The second-order valence-corrected chi connectivity index (χ2v) is 7.64. The van der Waals surface area contributed by atoms with E-state index in [-0.39, 0.29) is 17.1 Å². The van der Waals surface area contributed by atoms with Crippen LogP contribution in [0.5, 0.6) is 0 Å². The van der Waals surface area contributed by atoms with E-state index in [0.29, 0.717) is 17.7 Å². The fourth-order valence-electron chi connectivity index (χ4n) is 2.60. The number of hydrogen-bond acceptors (Lipinski definition) is 2. The lowest BCUT2D eigenvalue weighted by Gasteiger charge is -2.35. The summed E-state index contributed by atoms with van der Waals surface area (Å²) in [4.78, 5) is 14.6. The maximum atomic E-state index is 12.5. The van der Waals surface area contributed by atoms with Gasteiger partial charge in [0.2, 0.25) is 5.91 Å². The number of rotatable bonds is 3. The van der Waals surface area contributed by atoms with Crippen LogP contribution < -0.4 is 5.32 Å². The van der Waals surface area contributed by atoms with Gasteiger partial charge in [0.25, 0.3) is 0 Å². The molecule has 0 aromatic carbocycles. The standard InChI is InChI=1S/C15H28N2O/c1-10(2)12-16-15(7-8-15)13(18)17(12)9-11(3)14(4,5)6/h10-12,16H,7-9H2,1-6H3. The van der Waals surface area contributed by atoms with Gasteiger partial charge >= 0.3 is 0 Å². The molecule has 0 bridgehead atoms. The van der Waals surface area contributed by atoms with E-state index in [9.17, 15) is 4.79 Å². The molecule has 0 radical (unpaired) electrons. The number of hydrogen-bond donors (Lipinski definition) is 1. The van der Waals surface area contributed by atoms with Crippen molar-refractivity contribution < 1.29 is 4.79 Å². The molecule has 1 saturated heterocycles. The molecular formula is C15H28N2O. The molecule has 0 aromatic rings. The van der Waals surface area contributed by atoms with Crippen molar-refractivity contribution in [1.82, 2.24) is 10.2 Å². The smallest absolute Gasteiger partial charge is 0.244 e. The Balaban J connectivity index is 2.11. The molecule has 1 heterocycles. The Morgan fingerprint density at radius 2 is 1.89 bits per heavy atom. The molecule has 3 nitrogen and oxygen atoms in total. The molecule has 2 aliphatic rings. The summed E-state index contributed by atoms with van der Waals surface area (Å²) in [7, 11) is 0. The normalized spacial score (nSPS) is 28.3. The minimum Gasteiger partial charge on any atom is -0.325 e. The van der Waals surface area contributed by atoms with Gasteiger partial charge in [-0.3, -0.25) is 10.1 Å². The van der Waals surface area contributed by atoms with Gasteiger partial charge in [0.1, 0.15) is 0 Å². The summed E-state index contributed by atoms with van der Waals surface area (Å²) in [5.41, 5.74) is 0.0770. The number of nitrogens with one attached hydrogen (secondary N) is 1. The van der Waals surface area contributed by atoms with Crippen molar-refractivity contribution in [2.24, 2.45) is 17.3 Å². The van der Waals surface area contributed by atoms with Gasteiger partial charge < -0.3 is 4.90 Å². The molecule has 2 atom stereocenters. The zero-order chi connectivity index (χ0) is 13.7. The summed E-state index contributed by atoms with van der Waals surface area (Å²) in [6.45, 7) is 14.3. The molecule has 3 heteroatoms. The zero-order valence-corrected chi connectivity index (χ0v) is 12.7. The van der Waals surface area contributed by atoms with Crippen LogP contribution in [0.25, 0.3) is 0 Å². The van der Waals surface area contributed by atoms with Crippen LogP contribution in [0.1, 0.15) is 54.4 Å². The van der Waals surface area contributed by atoms with Gasteiger partial charge in [0.05, 0.1) is 11.7 Å². The lowest BCUT2D eigenvalue weighted by atomic mass is 9.81. The van der Waals surface area contributed by atoms with Crippen LogP contribution in [0.2, 0.25) is 0 Å². The Bertz CT molecular complexity index is 339. The molecular weight excluding hydrogens is 224 g/mol. The fraction of sp³-hybridized carbons (Fsp3) is 0.933. The van der Waals surface area contributed by atoms with Gasteiger partial charge in [-0.25, -0.2) is 0 Å².